The zero-order chi connectivity index (χ0) is 23.9. The molecule has 0 radical (unpaired) electrons. The summed E-state index contributed by atoms with van der Waals surface area (Å²) in [7, 11) is 0. The number of amides is 3. The number of nitrogens with zero attached hydrogens (tertiary/aromatic N) is 1. The third-order valence-corrected chi connectivity index (χ3v) is 10.6. The number of likely N-dealkylation sites (tertiary alicyclic amines) is 1. The van der Waals surface area contributed by atoms with Gasteiger partial charge in [0.25, 0.3) is 0 Å². The molecule has 2 bridgehead atoms. The van der Waals surface area contributed by atoms with E-state index in [-0.39, 0.29) is 47.5 Å². The minimum Gasteiger partial charge on any atom is -0.394 e. The second-order valence-electron chi connectivity index (χ2n) is 10.9. The minimum atomic E-state index is -0.648. The summed E-state index contributed by atoms with van der Waals surface area (Å²) >= 11 is 1.71. The van der Waals surface area contributed by atoms with Crippen molar-refractivity contribution in [1.29, 1.82) is 0 Å². The number of rotatable bonds is 8. The third kappa shape index (κ3) is 3.99. The number of carbonyl (C=O) groups is 3. The largest absolute Gasteiger partial charge is 0.394 e. The molecule has 0 aromatic heterocycles. The van der Waals surface area contributed by atoms with Gasteiger partial charge in [0.1, 0.15) is 6.04 Å². The molecule has 4 aliphatic rings. The maximum Gasteiger partial charge on any atom is 0.244 e. The van der Waals surface area contributed by atoms with E-state index in [4.69, 9.17) is 0 Å². The van der Waals surface area contributed by atoms with Crippen molar-refractivity contribution in [2.45, 2.75) is 101 Å². The van der Waals surface area contributed by atoms with Crippen LogP contribution in [-0.2, 0) is 14.4 Å². The van der Waals surface area contributed by atoms with Crippen LogP contribution in [-0.4, -0.2) is 69.0 Å². The fourth-order valence-electron chi connectivity index (χ4n) is 6.93. The molecular formula is C25H41N3O4S. The van der Waals surface area contributed by atoms with Crippen molar-refractivity contribution in [2.75, 3.05) is 13.2 Å². The summed E-state index contributed by atoms with van der Waals surface area (Å²) in [5.41, 5.74) is 0. The van der Waals surface area contributed by atoms with Gasteiger partial charge in [0, 0.05) is 17.8 Å². The van der Waals surface area contributed by atoms with E-state index in [2.05, 4.69) is 17.6 Å². The van der Waals surface area contributed by atoms with Crippen LogP contribution in [0.25, 0.3) is 0 Å². The molecule has 1 aliphatic carbocycles. The Morgan fingerprint density at radius 3 is 2.52 bits per heavy atom. The maximum atomic E-state index is 14.1. The first-order valence-corrected chi connectivity index (χ1v) is 13.8. The number of fused-ring (bicyclic) bond motifs is 1. The lowest BCUT2D eigenvalue weighted by atomic mass is 9.65. The third-order valence-electron chi connectivity index (χ3n) is 8.55. The minimum absolute atomic E-state index is 0.00373. The van der Waals surface area contributed by atoms with E-state index in [9.17, 15) is 19.5 Å². The number of hydrogen-bond acceptors (Lipinski definition) is 5. The Labute approximate surface area is 202 Å². The first-order valence-electron chi connectivity index (χ1n) is 13.0. The van der Waals surface area contributed by atoms with Crippen LogP contribution in [0.3, 0.4) is 0 Å². The smallest absolute Gasteiger partial charge is 0.244 e. The van der Waals surface area contributed by atoms with Gasteiger partial charge in [-0.2, -0.15) is 0 Å². The van der Waals surface area contributed by atoms with Crippen LogP contribution >= 0.6 is 11.8 Å². The molecule has 3 aliphatic heterocycles. The van der Waals surface area contributed by atoms with E-state index >= 15 is 0 Å². The van der Waals surface area contributed by atoms with Gasteiger partial charge in [-0.05, 0) is 37.5 Å². The lowest BCUT2D eigenvalue weighted by Crippen LogP contribution is -2.60. The van der Waals surface area contributed by atoms with Crippen molar-refractivity contribution < 1.29 is 19.5 Å². The monoisotopic (exact) mass is 479 g/mol. The molecule has 3 heterocycles. The zero-order valence-corrected chi connectivity index (χ0v) is 21.3. The normalized spacial score (nSPS) is 36.8. The van der Waals surface area contributed by atoms with E-state index in [0.717, 1.165) is 38.5 Å². The molecule has 7 atom stereocenters. The number of aliphatic hydroxyl groups is 1. The van der Waals surface area contributed by atoms with Gasteiger partial charge < -0.3 is 20.6 Å². The maximum absolute atomic E-state index is 14.1. The van der Waals surface area contributed by atoms with Crippen molar-refractivity contribution in [3.05, 3.63) is 0 Å². The molecular weight excluding hydrogens is 438 g/mol. The standard InChI is InChI=1S/C25H41N3O4S/c1-5-11-26-22(30)19-18-12-15(4)25(33-18)20(19)24(32)28(17(13-29)14(2)3)21(25)23(31)27-16-9-7-6-8-10-16/h14-21,29H,5-13H2,1-4H3,(H,26,30)(H,27,31)/t15?,17-,18+,19-,20-,21?,25?/m0/s1. The lowest BCUT2D eigenvalue weighted by molar-refractivity contribution is -0.144. The van der Waals surface area contributed by atoms with Gasteiger partial charge in [0.05, 0.1) is 29.2 Å². The molecule has 3 N–H and O–H groups in total. The topological polar surface area (TPSA) is 98.7 Å². The molecule has 8 heteroatoms. The fourth-order valence-corrected chi connectivity index (χ4v) is 9.34. The lowest BCUT2D eigenvalue weighted by Gasteiger charge is -2.41. The number of hydrogen-bond donors (Lipinski definition) is 3. The number of carbonyl (C=O) groups excluding carboxylic acids is 3. The second-order valence-corrected chi connectivity index (χ2v) is 12.5. The Hall–Kier alpha value is -1.28. The van der Waals surface area contributed by atoms with Crippen LogP contribution in [0.4, 0.5) is 0 Å². The second kappa shape index (κ2) is 9.76. The van der Waals surface area contributed by atoms with Gasteiger partial charge in [-0.3, -0.25) is 14.4 Å². The van der Waals surface area contributed by atoms with Gasteiger partial charge in [-0.1, -0.05) is 47.0 Å². The van der Waals surface area contributed by atoms with Crippen molar-refractivity contribution in [1.82, 2.24) is 15.5 Å². The molecule has 0 aromatic rings. The Kier molecular flexibility index (Phi) is 7.35. The summed E-state index contributed by atoms with van der Waals surface area (Å²) in [6, 6.07) is -0.941. The molecule has 33 heavy (non-hydrogen) atoms. The molecule has 3 unspecified atom stereocenters. The molecule has 3 amide bonds. The van der Waals surface area contributed by atoms with Crippen LogP contribution in [0.2, 0.25) is 0 Å². The average Bonchev–Trinajstić information content (AvgIpc) is 3.37. The first-order chi connectivity index (χ1) is 15.8. The van der Waals surface area contributed by atoms with Crippen LogP contribution in [0, 0.1) is 23.7 Å². The number of aliphatic hydroxyl groups excluding tert-OH is 1. The number of thioether (sulfide) groups is 1. The van der Waals surface area contributed by atoms with Crippen molar-refractivity contribution in [3.63, 3.8) is 0 Å². The highest BCUT2D eigenvalue weighted by atomic mass is 32.2. The van der Waals surface area contributed by atoms with Gasteiger partial charge >= 0.3 is 0 Å². The van der Waals surface area contributed by atoms with Crippen molar-refractivity contribution in [3.8, 4) is 0 Å². The van der Waals surface area contributed by atoms with Crippen LogP contribution in [0.1, 0.15) is 72.6 Å². The van der Waals surface area contributed by atoms with E-state index in [1.807, 2.05) is 20.8 Å². The summed E-state index contributed by atoms with van der Waals surface area (Å²) < 4.78 is -0.614. The molecule has 0 aromatic carbocycles. The summed E-state index contributed by atoms with van der Waals surface area (Å²) in [6.07, 6.45) is 7.07. The van der Waals surface area contributed by atoms with Gasteiger partial charge in [-0.15, -0.1) is 11.8 Å². The van der Waals surface area contributed by atoms with Gasteiger partial charge in [0.15, 0.2) is 0 Å². The molecule has 3 saturated heterocycles. The molecule has 1 saturated carbocycles. The van der Waals surface area contributed by atoms with Gasteiger partial charge in [-0.25, -0.2) is 0 Å². The van der Waals surface area contributed by atoms with Crippen LogP contribution in [0.15, 0.2) is 0 Å². The van der Waals surface area contributed by atoms with E-state index in [0.29, 0.717) is 6.54 Å². The predicted molar refractivity (Wildman–Crippen MR) is 130 cm³/mol. The van der Waals surface area contributed by atoms with Crippen LogP contribution < -0.4 is 10.6 Å². The van der Waals surface area contributed by atoms with Crippen molar-refractivity contribution in [2.24, 2.45) is 23.7 Å². The first kappa shape index (κ1) is 24.8. The Morgan fingerprint density at radius 2 is 1.91 bits per heavy atom. The average molecular weight is 480 g/mol. The highest BCUT2D eigenvalue weighted by molar-refractivity contribution is 8.02. The van der Waals surface area contributed by atoms with Crippen molar-refractivity contribution >= 4 is 29.5 Å². The molecule has 7 nitrogen and oxygen atoms in total. The summed E-state index contributed by atoms with van der Waals surface area (Å²) in [4.78, 5) is 42.9. The molecule has 1 spiro atoms. The van der Waals surface area contributed by atoms with E-state index in [1.165, 1.54) is 6.42 Å². The Morgan fingerprint density at radius 1 is 1.21 bits per heavy atom. The SMILES string of the molecule is CCCNC(=O)[C@@H]1[C@H]2C(=O)N([C@@H](CO)C(C)C)C(C(=O)NC3CCCCC3)C23S[C@@H]1CC3C. The summed E-state index contributed by atoms with van der Waals surface area (Å²) in [6.45, 7) is 8.53. The highest BCUT2D eigenvalue weighted by Crippen LogP contribution is 2.68. The molecule has 4 fully saturated rings. The van der Waals surface area contributed by atoms with E-state index in [1.54, 1.807) is 16.7 Å². The molecule has 4 rings (SSSR count). The summed E-state index contributed by atoms with van der Waals surface area (Å²) in [5.74, 6) is -1.04. The predicted octanol–water partition coefficient (Wildman–Crippen LogP) is 2.32. The van der Waals surface area contributed by atoms with Crippen LogP contribution in [0.5, 0.6) is 0 Å². The highest BCUT2D eigenvalue weighted by Gasteiger charge is 2.76. The van der Waals surface area contributed by atoms with E-state index < -0.39 is 28.7 Å². The summed E-state index contributed by atoms with van der Waals surface area (Å²) in [5, 5.41) is 16.6. The van der Waals surface area contributed by atoms with Gasteiger partial charge in [0.2, 0.25) is 17.7 Å². The fraction of sp³-hybridized carbons (Fsp3) is 0.880. The molecule has 186 valence electrons. The zero-order valence-electron chi connectivity index (χ0n) is 20.5. The number of nitrogens with one attached hydrogen (secondary N) is 2. The quantitative estimate of drug-likeness (QED) is 0.496. The Balaban J connectivity index is 1.72. The Bertz CT molecular complexity index is 771.